The highest BCUT2D eigenvalue weighted by Gasteiger charge is 2.34. The van der Waals surface area contributed by atoms with E-state index in [1.165, 1.54) is 16.7 Å². The van der Waals surface area contributed by atoms with Crippen molar-refractivity contribution in [2.45, 2.75) is 45.4 Å². The van der Waals surface area contributed by atoms with E-state index >= 15 is 0 Å². The maximum absolute atomic E-state index is 12.5. The first kappa shape index (κ1) is 22.6. The highest BCUT2D eigenvalue weighted by Crippen LogP contribution is 2.29. The van der Waals surface area contributed by atoms with Crippen molar-refractivity contribution in [2.75, 3.05) is 31.1 Å². The van der Waals surface area contributed by atoms with Crippen LogP contribution in [0.3, 0.4) is 0 Å². The lowest BCUT2D eigenvalue weighted by Crippen LogP contribution is -2.41. The summed E-state index contributed by atoms with van der Waals surface area (Å²) in [5.74, 6) is -0.176. The fourth-order valence-electron chi connectivity index (χ4n) is 3.49. The summed E-state index contributed by atoms with van der Waals surface area (Å²) >= 11 is 0. The molecule has 0 bridgehead atoms. The zero-order chi connectivity index (χ0) is 22.8. The van der Waals surface area contributed by atoms with Gasteiger partial charge in [-0.1, -0.05) is 18.2 Å². The Morgan fingerprint density at radius 2 is 1.94 bits per heavy atom. The molecule has 9 nitrogen and oxygen atoms in total. The Morgan fingerprint density at radius 3 is 2.52 bits per heavy atom. The number of carbonyl (C=O) groups is 3. The van der Waals surface area contributed by atoms with Gasteiger partial charge in [0.05, 0.1) is 32.3 Å². The maximum Gasteiger partial charge on any atom is 0.414 e. The number of amides is 3. The smallest absolute Gasteiger partial charge is 0.414 e. The normalized spacial score (nSPS) is 21.1. The van der Waals surface area contributed by atoms with Crippen LogP contribution in [0.5, 0.6) is 0 Å². The number of rotatable bonds is 5. The molecule has 3 amide bonds. The van der Waals surface area contributed by atoms with E-state index in [1.54, 1.807) is 20.8 Å². The number of cyclic esters (lactones) is 1. The Labute approximate surface area is 181 Å². The van der Waals surface area contributed by atoms with Crippen molar-refractivity contribution < 1.29 is 29.0 Å². The monoisotopic (exact) mass is 431 g/mol. The van der Waals surface area contributed by atoms with Crippen molar-refractivity contribution in [3.8, 4) is 0 Å². The van der Waals surface area contributed by atoms with Crippen molar-refractivity contribution in [1.82, 2.24) is 10.2 Å². The molecule has 1 aromatic rings. The van der Waals surface area contributed by atoms with Gasteiger partial charge in [-0.3, -0.25) is 14.6 Å². The van der Waals surface area contributed by atoms with Crippen LogP contribution in [-0.4, -0.2) is 72.1 Å². The molecule has 1 fully saturated rings. The number of aliphatic hydroxyl groups is 1. The van der Waals surface area contributed by atoms with Crippen molar-refractivity contribution in [2.24, 2.45) is 0 Å². The zero-order valence-electron chi connectivity index (χ0n) is 18.3. The summed E-state index contributed by atoms with van der Waals surface area (Å²) < 4.78 is 10.7. The molecule has 3 rings (SSSR count). The first-order chi connectivity index (χ1) is 14.6. The summed E-state index contributed by atoms with van der Waals surface area (Å²) in [6.45, 7) is 7.55. The Balaban J connectivity index is 1.67. The Bertz CT molecular complexity index is 874. The third-order valence-corrected chi connectivity index (χ3v) is 4.95. The number of anilines is 1. The SMILES string of the molecule is CC(=O)NC[C@H]1CN(c2ccc(C3=CC(CO)N(C(=O)OC(C)(C)C)C3)cc2)C(=O)O1. The van der Waals surface area contributed by atoms with Crippen LogP contribution in [0, 0.1) is 0 Å². The van der Waals surface area contributed by atoms with Gasteiger partial charge in [-0.25, -0.2) is 9.59 Å². The van der Waals surface area contributed by atoms with E-state index in [-0.39, 0.29) is 19.1 Å². The topological polar surface area (TPSA) is 108 Å². The van der Waals surface area contributed by atoms with Gasteiger partial charge in [0.15, 0.2) is 0 Å². The minimum atomic E-state index is -0.621. The standard InChI is InChI=1S/C22H29N3O6/c1-14(27)23-10-19-12-25(20(28)30-19)17-7-5-15(6-8-17)16-9-18(13-26)24(11-16)21(29)31-22(2,3)4/h5-9,18-19,26H,10-13H2,1-4H3,(H,23,27)/t18?,19-/m0/s1. The van der Waals surface area contributed by atoms with Gasteiger partial charge in [0.25, 0.3) is 0 Å². The molecule has 0 aromatic heterocycles. The Hall–Kier alpha value is -3.07. The van der Waals surface area contributed by atoms with Crippen molar-refractivity contribution in [3.63, 3.8) is 0 Å². The van der Waals surface area contributed by atoms with Crippen LogP contribution in [0.1, 0.15) is 33.3 Å². The van der Waals surface area contributed by atoms with Crippen LogP contribution in [0.25, 0.3) is 5.57 Å². The van der Waals surface area contributed by atoms with Crippen LogP contribution in [-0.2, 0) is 14.3 Å². The third-order valence-electron chi connectivity index (χ3n) is 4.95. The van der Waals surface area contributed by atoms with Gasteiger partial charge in [0.2, 0.25) is 5.91 Å². The van der Waals surface area contributed by atoms with Gasteiger partial charge in [-0.15, -0.1) is 0 Å². The zero-order valence-corrected chi connectivity index (χ0v) is 18.3. The van der Waals surface area contributed by atoms with Gasteiger partial charge in [0, 0.05) is 12.6 Å². The average Bonchev–Trinajstić information content (AvgIpc) is 3.29. The van der Waals surface area contributed by atoms with Crippen LogP contribution in [0.2, 0.25) is 0 Å². The first-order valence-electron chi connectivity index (χ1n) is 10.2. The number of hydrogen-bond acceptors (Lipinski definition) is 6. The first-order valence-corrected chi connectivity index (χ1v) is 10.2. The molecule has 1 saturated heterocycles. The maximum atomic E-state index is 12.5. The summed E-state index contributed by atoms with van der Waals surface area (Å²) in [6.07, 6.45) is 0.521. The van der Waals surface area contributed by atoms with Crippen LogP contribution in [0.4, 0.5) is 15.3 Å². The third kappa shape index (κ3) is 5.55. The number of carbonyl (C=O) groups excluding carboxylic acids is 3. The highest BCUT2D eigenvalue weighted by molar-refractivity contribution is 5.90. The molecule has 9 heteroatoms. The Morgan fingerprint density at radius 1 is 1.26 bits per heavy atom. The van der Waals surface area contributed by atoms with E-state index in [1.807, 2.05) is 30.3 Å². The summed E-state index contributed by atoms with van der Waals surface area (Å²) in [5.41, 5.74) is 1.84. The number of aliphatic hydroxyl groups excluding tert-OH is 1. The molecule has 0 saturated carbocycles. The number of nitrogens with zero attached hydrogens (tertiary/aromatic N) is 2. The van der Waals surface area contributed by atoms with Gasteiger partial charge in [0.1, 0.15) is 11.7 Å². The second-order valence-electron chi connectivity index (χ2n) is 8.65. The van der Waals surface area contributed by atoms with Gasteiger partial charge in [-0.2, -0.15) is 0 Å². The van der Waals surface area contributed by atoms with Gasteiger partial charge >= 0.3 is 12.2 Å². The lowest BCUT2D eigenvalue weighted by molar-refractivity contribution is -0.119. The molecule has 2 heterocycles. The van der Waals surface area contributed by atoms with Crippen LogP contribution < -0.4 is 10.2 Å². The van der Waals surface area contributed by atoms with Crippen molar-refractivity contribution in [3.05, 3.63) is 35.9 Å². The molecule has 2 N–H and O–H groups in total. The molecule has 0 radical (unpaired) electrons. The molecule has 1 aromatic carbocycles. The molecule has 2 aliphatic rings. The average molecular weight is 431 g/mol. The number of nitrogens with one attached hydrogen (secondary N) is 1. The fraction of sp³-hybridized carbons (Fsp3) is 0.500. The largest absolute Gasteiger partial charge is 0.444 e. The van der Waals surface area contributed by atoms with Crippen molar-refractivity contribution >= 4 is 29.4 Å². The van der Waals surface area contributed by atoms with Crippen LogP contribution in [0.15, 0.2) is 30.3 Å². The molecule has 0 aliphatic carbocycles. The van der Waals surface area contributed by atoms with Gasteiger partial charge in [-0.05, 0) is 44.0 Å². The summed E-state index contributed by atoms with van der Waals surface area (Å²) in [6, 6.07) is 6.89. The summed E-state index contributed by atoms with van der Waals surface area (Å²) in [5, 5.41) is 12.3. The highest BCUT2D eigenvalue weighted by atomic mass is 16.6. The van der Waals surface area contributed by atoms with E-state index < -0.39 is 29.9 Å². The van der Waals surface area contributed by atoms with E-state index in [0.29, 0.717) is 18.8 Å². The van der Waals surface area contributed by atoms with E-state index in [0.717, 1.165) is 11.1 Å². The van der Waals surface area contributed by atoms with Gasteiger partial charge < -0.3 is 19.9 Å². The number of ether oxygens (including phenoxy) is 2. The quantitative estimate of drug-likeness (QED) is 0.740. The molecule has 31 heavy (non-hydrogen) atoms. The predicted octanol–water partition coefficient (Wildman–Crippen LogP) is 2.14. The lowest BCUT2D eigenvalue weighted by atomic mass is 10.1. The summed E-state index contributed by atoms with van der Waals surface area (Å²) in [7, 11) is 0. The lowest BCUT2D eigenvalue weighted by Gasteiger charge is -2.27. The van der Waals surface area contributed by atoms with E-state index in [4.69, 9.17) is 9.47 Å². The second kappa shape index (κ2) is 8.97. The minimum Gasteiger partial charge on any atom is -0.444 e. The summed E-state index contributed by atoms with van der Waals surface area (Å²) in [4.78, 5) is 38.7. The molecule has 1 unspecified atom stereocenters. The molecule has 0 spiro atoms. The van der Waals surface area contributed by atoms with Crippen LogP contribution >= 0.6 is 0 Å². The van der Waals surface area contributed by atoms with Crippen molar-refractivity contribution in [1.29, 1.82) is 0 Å². The number of hydrogen-bond donors (Lipinski definition) is 2. The fourth-order valence-corrected chi connectivity index (χ4v) is 3.49. The molecule has 2 atom stereocenters. The molecular formula is C22H29N3O6. The van der Waals surface area contributed by atoms with E-state index in [2.05, 4.69) is 5.32 Å². The van der Waals surface area contributed by atoms with E-state index in [9.17, 15) is 19.5 Å². The molecule has 168 valence electrons. The second-order valence-corrected chi connectivity index (χ2v) is 8.65. The molecule has 2 aliphatic heterocycles. The Kier molecular flexibility index (Phi) is 6.54. The number of benzene rings is 1. The minimum absolute atomic E-state index is 0.176. The predicted molar refractivity (Wildman–Crippen MR) is 115 cm³/mol. The molecular weight excluding hydrogens is 402 g/mol.